The van der Waals surface area contributed by atoms with Crippen LogP contribution < -0.4 is 9.47 Å². The zero-order valence-corrected chi connectivity index (χ0v) is 19.3. The number of benzene rings is 1. The van der Waals surface area contributed by atoms with Crippen molar-refractivity contribution in [2.45, 2.75) is 26.1 Å². The number of aliphatic carboxylic acids is 1. The van der Waals surface area contributed by atoms with Gasteiger partial charge in [0.05, 0.1) is 24.9 Å². The molecule has 0 saturated carbocycles. The van der Waals surface area contributed by atoms with E-state index in [1.807, 2.05) is 44.2 Å². The quantitative estimate of drug-likeness (QED) is 0.509. The van der Waals surface area contributed by atoms with Crippen LogP contribution in [0.25, 0.3) is 22.6 Å². The average molecular weight is 496 g/mol. The maximum atomic E-state index is 10.6. The maximum absolute atomic E-state index is 10.6. The first-order valence-corrected chi connectivity index (χ1v) is 11.0. The summed E-state index contributed by atoms with van der Waals surface area (Å²) in [4.78, 5) is 23.5. The maximum Gasteiger partial charge on any atom is 0.490 e. The molecule has 0 aliphatic carbocycles. The number of aromatic nitrogens is 3. The van der Waals surface area contributed by atoms with Crippen LogP contribution in [0.4, 0.5) is 13.2 Å². The van der Waals surface area contributed by atoms with Crippen molar-refractivity contribution in [3.8, 4) is 22.9 Å². The number of nitrogens with zero attached hydrogens (tertiary/aromatic N) is 3. The van der Waals surface area contributed by atoms with Crippen LogP contribution in [0.2, 0.25) is 0 Å². The van der Waals surface area contributed by atoms with Gasteiger partial charge in [0, 0.05) is 25.8 Å². The number of morpholine rings is 1. The predicted octanol–water partition coefficient (Wildman–Crippen LogP) is 3.76. The molecule has 0 unspecified atom stereocenters. The summed E-state index contributed by atoms with van der Waals surface area (Å²) in [6.07, 6.45) is -3.27. The van der Waals surface area contributed by atoms with Crippen LogP contribution in [0.15, 0.2) is 36.5 Å². The van der Waals surface area contributed by atoms with Gasteiger partial charge in [0.25, 0.3) is 0 Å². The summed E-state index contributed by atoms with van der Waals surface area (Å²) >= 11 is 0. The summed E-state index contributed by atoms with van der Waals surface area (Å²) in [5.74, 6) is -0.460. The molecule has 1 aliphatic heterocycles. The third-order valence-electron chi connectivity index (χ3n) is 4.85. The lowest BCUT2D eigenvalue weighted by Crippen LogP contribution is -2.38. The van der Waals surface area contributed by atoms with E-state index >= 15 is 0 Å². The minimum absolute atomic E-state index is 0.0642. The van der Waals surface area contributed by atoms with E-state index < -0.39 is 12.1 Å². The van der Waals surface area contributed by atoms with E-state index in [2.05, 4.69) is 19.9 Å². The minimum atomic E-state index is -5.08. The summed E-state index contributed by atoms with van der Waals surface area (Å²) < 4.78 is 49.1. The smallest absolute Gasteiger partial charge is 0.490 e. The lowest BCUT2D eigenvalue weighted by molar-refractivity contribution is -0.192. The molecule has 3 aromatic rings. The topological polar surface area (TPSA) is 110 Å². The monoisotopic (exact) mass is 496 g/mol. The van der Waals surface area contributed by atoms with Crippen LogP contribution in [0, 0.1) is 0 Å². The van der Waals surface area contributed by atoms with Gasteiger partial charge in [-0.25, -0.2) is 14.8 Å². The first kappa shape index (κ1) is 26.2. The van der Waals surface area contributed by atoms with Crippen LogP contribution in [0.3, 0.4) is 0 Å². The number of imidazole rings is 1. The number of hydrogen-bond donors (Lipinski definition) is 2. The lowest BCUT2D eigenvalue weighted by atomic mass is 10.1. The third-order valence-corrected chi connectivity index (χ3v) is 4.85. The number of hydrogen-bond acceptors (Lipinski definition) is 7. The highest BCUT2D eigenvalue weighted by Gasteiger charge is 2.38. The fourth-order valence-electron chi connectivity index (χ4n) is 3.23. The van der Waals surface area contributed by atoms with Gasteiger partial charge < -0.3 is 24.3 Å². The molecule has 0 spiro atoms. The van der Waals surface area contributed by atoms with Gasteiger partial charge in [-0.05, 0) is 44.2 Å². The van der Waals surface area contributed by atoms with Crippen molar-refractivity contribution in [2.75, 3.05) is 39.5 Å². The first-order chi connectivity index (χ1) is 16.6. The molecule has 0 atom stereocenters. The molecule has 1 saturated heterocycles. The number of aromatic amines is 1. The summed E-state index contributed by atoms with van der Waals surface area (Å²) in [6, 6.07) is 9.69. The number of pyridine rings is 1. The molecule has 9 nitrogen and oxygen atoms in total. The Labute approximate surface area is 199 Å². The summed E-state index contributed by atoms with van der Waals surface area (Å²) in [5.41, 5.74) is 2.45. The van der Waals surface area contributed by atoms with Crippen molar-refractivity contribution in [2.24, 2.45) is 0 Å². The molecule has 35 heavy (non-hydrogen) atoms. The molecule has 3 heterocycles. The SMILES string of the molecule is CC(C)Oc1ccc(OCCN2CCOCC2)cc1-c1nc2cccnc2[nH]1.O=C(O)C(F)(F)F. The van der Waals surface area contributed by atoms with Crippen LogP contribution in [0.5, 0.6) is 11.5 Å². The van der Waals surface area contributed by atoms with Crippen LogP contribution >= 0.6 is 0 Å². The second kappa shape index (κ2) is 11.8. The van der Waals surface area contributed by atoms with E-state index in [0.717, 1.165) is 66.9 Å². The van der Waals surface area contributed by atoms with Crippen molar-refractivity contribution in [3.05, 3.63) is 36.5 Å². The second-order valence-electron chi connectivity index (χ2n) is 7.89. The van der Waals surface area contributed by atoms with Gasteiger partial charge in [0.2, 0.25) is 0 Å². The standard InChI is InChI=1S/C21H26N4O3.C2HF3O2/c1-15(2)28-19-6-5-16(27-13-10-25-8-11-26-12-9-25)14-17(19)20-23-18-4-3-7-22-21(18)24-20;3-2(4,5)1(6)7/h3-7,14-15H,8-13H2,1-2H3,(H,22,23,24);(H,6,7). The van der Waals surface area contributed by atoms with E-state index in [4.69, 9.17) is 24.1 Å². The minimum Gasteiger partial charge on any atom is -0.492 e. The molecule has 1 fully saturated rings. The van der Waals surface area contributed by atoms with E-state index in [9.17, 15) is 13.2 Å². The van der Waals surface area contributed by atoms with Crippen LogP contribution in [0.1, 0.15) is 13.8 Å². The second-order valence-corrected chi connectivity index (χ2v) is 7.89. The summed E-state index contributed by atoms with van der Waals surface area (Å²) in [6.45, 7) is 9.05. The number of ether oxygens (including phenoxy) is 3. The normalized spacial score (nSPS) is 14.5. The van der Waals surface area contributed by atoms with Crippen LogP contribution in [-0.2, 0) is 9.53 Å². The number of carboxylic acids is 1. The Bertz CT molecular complexity index is 1080. The van der Waals surface area contributed by atoms with Gasteiger partial charge in [-0.15, -0.1) is 0 Å². The molecule has 0 radical (unpaired) electrons. The molecular weight excluding hydrogens is 469 g/mol. The summed E-state index contributed by atoms with van der Waals surface area (Å²) in [5, 5.41) is 7.12. The van der Waals surface area contributed by atoms with Crippen LogP contribution in [-0.4, -0.2) is 82.7 Å². The molecule has 0 amide bonds. The van der Waals surface area contributed by atoms with Gasteiger partial charge in [-0.3, -0.25) is 4.90 Å². The highest BCUT2D eigenvalue weighted by Crippen LogP contribution is 2.33. The zero-order valence-electron chi connectivity index (χ0n) is 19.3. The lowest BCUT2D eigenvalue weighted by Gasteiger charge is -2.26. The van der Waals surface area contributed by atoms with Gasteiger partial charge in [0.15, 0.2) is 5.65 Å². The van der Waals surface area contributed by atoms with Crippen molar-refractivity contribution in [1.29, 1.82) is 0 Å². The van der Waals surface area contributed by atoms with E-state index in [0.29, 0.717) is 6.61 Å². The molecule has 12 heteroatoms. The van der Waals surface area contributed by atoms with Gasteiger partial charge in [-0.1, -0.05) is 0 Å². The Hall–Kier alpha value is -3.38. The number of halogens is 3. The highest BCUT2D eigenvalue weighted by molar-refractivity contribution is 5.78. The van der Waals surface area contributed by atoms with E-state index in [1.165, 1.54) is 0 Å². The number of rotatable bonds is 7. The number of H-pyrrole nitrogens is 1. The van der Waals surface area contributed by atoms with E-state index in [1.54, 1.807) is 6.20 Å². The number of nitrogens with one attached hydrogen (secondary N) is 1. The molecule has 190 valence electrons. The number of carboxylic acid groups (broad SMARTS) is 1. The fourth-order valence-corrected chi connectivity index (χ4v) is 3.23. The Kier molecular flexibility index (Phi) is 8.88. The third kappa shape index (κ3) is 7.82. The van der Waals surface area contributed by atoms with Gasteiger partial charge in [0.1, 0.15) is 29.4 Å². The Morgan fingerprint density at radius 1 is 1.26 bits per heavy atom. The molecule has 1 aliphatic rings. The molecule has 4 rings (SSSR count). The van der Waals surface area contributed by atoms with Crippen molar-refractivity contribution >= 4 is 17.1 Å². The van der Waals surface area contributed by atoms with Crippen molar-refractivity contribution in [1.82, 2.24) is 19.9 Å². The van der Waals surface area contributed by atoms with E-state index in [-0.39, 0.29) is 6.10 Å². The first-order valence-electron chi connectivity index (χ1n) is 11.0. The molecule has 2 N–H and O–H groups in total. The highest BCUT2D eigenvalue weighted by atomic mass is 19.4. The number of alkyl halides is 3. The average Bonchev–Trinajstić information content (AvgIpc) is 3.24. The fraction of sp³-hybridized carbons (Fsp3) is 0.435. The molecule has 2 aromatic heterocycles. The van der Waals surface area contributed by atoms with Crippen molar-refractivity contribution in [3.63, 3.8) is 0 Å². The molecule has 1 aromatic carbocycles. The van der Waals surface area contributed by atoms with Crippen molar-refractivity contribution < 1.29 is 37.3 Å². The largest absolute Gasteiger partial charge is 0.492 e. The van der Waals surface area contributed by atoms with Gasteiger partial charge in [-0.2, -0.15) is 13.2 Å². The Morgan fingerprint density at radius 3 is 2.60 bits per heavy atom. The Morgan fingerprint density at radius 2 is 1.97 bits per heavy atom. The number of fused-ring (bicyclic) bond motifs is 1. The Balaban J connectivity index is 0.000000429. The molecular formula is C23H27F3N4O5. The summed E-state index contributed by atoms with van der Waals surface area (Å²) in [7, 11) is 0. The number of carbonyl (C=O) groups is 1. The van der Waals surface area contributed by atoms with Gasteiger partial charge >= 0.3 is 12.1 Å². The zero-order chi connectivity index (χ0) is 25.4. The predicted molar refractivity (Wildman–Crippen MR) is 122 cm³/mol. The molecule has 0 bridgehead atoms.